The lowest BCUT2D eigenvalue weighted by Gasteiger charge is -2.25. The normalized spacial score (nSPS) is 12.9. The fourth-order valence-corrected chi connectivity index (χ4v) is 4.23. The van der Waals surface area contributed by atoms with Crippen LogP contribution in [-0.2, 0) is 12.8 Å². The Kier molecular flexibility index (Phi) is 7.47. The molecule has 0 spiro atoms. The number of nitrogens with zero attached hydrogens (tertiary/aromatic N) is 3. The summed E-state index contributed by atoms with van der Waals surface area (Å²) in [6.07, 6.45) is 5.39. The van der Waals surface area contributed by atoms with Crippen molar-refractivity contribution in [2.24, 2.45) is 4.99 Å². The summed E-state index contributed by atoms with van der Waals surface area (Å²) < 4.78 is 5.42. The molecule has 0 fully saturated rings. The first-order valence-electron chi connectivity index (χ1n) is 9.16. The van der Waals surface area contributed by atoms with Gasteiger partial charge in [-0.15, -0.1) is 22.7 Å². The van der Waals surface area contributed by atoms with Crippen LogP contribution in [0.3, 0.4) is 0 Å². The minimum Gasteiger partial charge on any atom is -0.469 e. The Hall–Kier alpha value is -2.12. The maximum absolute atomic E-state index is 5.42. The van der Waals surface area contributed by atoms with Crippen LogP contribution in [0, 0.1) is 0 Å². The Balaban J connectivity index is 1.57. The Bertz CT molecular complexity index is 782. The molecule has 0 aliphatic heterocycles. The molecule has 3 aromatic heterocycles. The van der Waals surface area contributed by atoms with Gasteiger partial charge in [0.15, 0.2) is 5.96 Å². The van der Waals surface area contributed by atoms with Crippen molar-refractivity contribution >= 4 is 28.6 Å². The molecule has 5 nitrogen and oxygen atoms in total. The molecule has 1 atom stereocenters. The highest BCUT2D eigenvalue weighted by molar-refractivity contribution is 7.10. The van der Waals surface area contributed by atoms with Crippen LogP contribution in [0.1, 0.15) is 28.5 Å². The van der Waals surface area contributed by atoms with E-state index in [9.17, 15) is 0 Å². The second kappa shape index (κ2) is 10.3. The topological polar surface area (TPSA) is 53.7 Å². The molecule has 1 unspecified atom stereocenters. The summed E-state index contributed by atoms with van der Waals surface area (Å²) in [6.45, 7) is 4.65. The van der Waals surface area contributed by atoms with Crippen LogP contribution >= 0.6 is 22.7 Å². The molecule has 3 heterocycles. The van der Waals surface area contributed by atoms with Crippen molar-refractivity contribution in [3.63, 3.8) is 0 Å². The fraction of sp³-hybridized carbons (Fsp3) is 0.400. The number of hydrogen-bond donors (Lipinski definition) is 1. The Morgan fingerprint density at radius 3 is 2.89 bits per heavy atom. The summed E-state index contributed by atoms with van der Waals surface area (Å²) in [5, 5.41) is 8.80. The monoisotopic (exact) mass is 402 g/mol. The third-order valence-electron chi connectivity index (χ3n) is 4.22. The smallest absolute Gasteiger partial charge is 0.193 e. The summed E-state index contributed by atoms with van der Waals surface area (Å²) in [7, 11) is 2.09. The molecule has 3 rings (SSSR count). The molecule has 144 valence electrons. The van der Waals surface area contributed by atoms with Crippen molar-refractivity contribution in [2.75, 3.05) is 26.7 Å². The molecule has 0 aliphatic carbocycles. The number of thiophene rings is 1. The van der Waals surface area contributed by atoms with Gasteiger partial charge in [-0.2, -0.15) is 0 Å². The van der Waals surface area contributed by atoms with Crippen molar-refractivity contribution in [3.05, 3.63) is 63.1 Å². The van der Waals surface area contributed by atoms with Crippen molar-refractivity contribution in [1.82, 2.24) is 15.2 Å². The number of guanidine groups is 1. The molecule has 27 heavy (non-hydrogen) atoms. The van der Waals surface area contributed by atoms with Gasteiger partial charge in [-0.25, -0.2) is 4.98 Å². The fourth-order valence-electron chi connectivity index (χ4n) is 2.84. The van der Waals surface area contributed by atoms with E-state index in [4.69, 9.17) is 9.41 Å². The lowest BCUT2D eigenvalue weighted by Crippen LogP contribution is -2.41. The highest BCUT2D eigenvalue weighted by atomic mass is 32.1. The highest BCUT2D eigenvalue weighted by Gasteiger charge is 2.14. The standard InChI is InChI=1S/C20H26N4OS2/c1-16(19-21-11-14-27-19)15-24(2)20(22-9-7-17-5-3-12-25-17)23-10-8-18-6-4-13-26-18/h3-6,11-14,16H,7-10,15H2,1-2H3,(H,22,23). The van der Waals surface area contributed by atoms with Crippen LogP contribution in [0.25, 0.3) is 0 Å². The van der Waals surface area contributed by atoms with Crippen molar-refractivity contribution in [3.8, 4) is 0 Å². The number of aromatic nitrogens is 1. The number of likely N-dealkylation sites (N-methyl/N-ethyl adjacent to an activating group) is 1. The molecule has 1 N–H and O–H groups in total. The predicted molar refractivity (Wildman–Crippen MR) is 114 cm³/mol. The minimum atomic E-state index is 0.365. The van der Waals surface area contributed by atoms with E-state index in [0.29, 0.717) is 5.92 Å². The van der Waals surface area contributed by atoms with Gasteiger partial charge in [-0.05, 0) is 23.6 Å². The summed E-state index contributed by atoms with van der Waals surface area (Å²) in [4.78, 5) is 12.8. The second-order valence-corrected chi connectivity index (χ2v) is 8.40. The van der Waals surface area contributed by atoms with Gasteiger partial charge in [0.05, 0.1) is 11.3 Å². The van der Waals surface area contributed by atoms with Crippen molar-refractivity contribution in [2.45, 2.75) is 25.7 Å². The third kappa shape index (κ3) is 6.22. The van der Waals surface area contributed by atoms with E-state index in [1.807, 2.05) is 23.7 Å². The Labute approximate surface area is 168 Å². The van der Waals surface area contributed by atoms with E-state index in [1.165, 1.54) is 4.88 Å². The number of rotatable bonds is 9. The van der Waals surface area contributed by atoms with Gasteiger partial charge in [-0.3, -0.25) is 4.99 Å². The van der Waals surface area contributed by atoms with Gasteiger partial charge in [0, 0.05) is 61.9 Å². The molecule has 7 heteroatoms. The molecule has 0 aromatic carbocycles. The molecule has 0 saturated heterocycles. The van der Waals surface area contributed by atoms with E-state index in [0.717, 1.165) is 49.2 Å². The molecule has 3 aromatic rings. The number of thiazole rings is 1. The van der Waals surface area contributed by atoms with Crippen LogP contribution < -0.4 is 5.32 Å². The zero-order chi connectivity index (χ0) is 18.9. The molecule has 0 radical (unpaired) electrons. The lowest BCUT2D eigenvalue weighted by molar-refractivity contribution is 0.442. The molecule has 0 amide bonds. The summed E-state index contributed by atoms with van der Waals surface area (Å²) in [5.74, 6) is 2.28. The zero-order valence-electron chi connectivity index (χ0n) is 15.8. The van der Waals surface area contributed by atoms with E-state index in [1.54, 1.807) is 28.9 Å². The summed E-state index contributed by atoms with van der Waals surface area (Å²) in [5.41, 5.74) is 0. The van der Waals surface area contributed by atoms with Gasteiger partial charge in [0.2, 0.25) is 0 Å². The van der Waals surface area contributed by atoms with Crippen LogP contribution in [0.5, 0.6) is 0 Å². The average Bonchev–Trinajstić information content (AvgIpc) is 3.43. The SMILES string of the molecule is CC(CN(C)C(=NCCc1cccs1)NCCc1ccco1)c1nccs1. The van der Waals surface area contributed by atoms with Gasteiger partial charge in [-0.1, -0.05) is 13.0 Å². The van der Waals surface area contributed by atoms with E-state index in [-0.39, 0.29) is 0 Å². The molecular formula is C20H26N4OS2. The molecular weight excluding hydrogens is 376 g/mol. The van der Waals surface area contributed by atoms with E-state index < -0.39 is 0 Å². The predicted octanol–water partition coefficient (Wildman–Crippen LogP) is 4.26. The molecule has 0 aliphatic rings. The number of nitrogens with one attached hydrogen (secondary N) is 1. The van der Waals surface area contributed by atoms with Crippen molar-refractivity contribution in [1.29, 1.82) is 0 Å². The van der Waals surface area contributed by atoms with Crippen LogP contribution in [0.2, 0.25) is 0 Å². The Morgan fingerprint density at radius 2 is 2.19 bits per heavy atom. The largest absolute Gasteiger partial charge is 0.469 e. The van der Waals surface area contributed by atoms with E-state index in [2.05, 4.69) is 46.7 Å². The maximum Gasteiger partial charge on any atom is 0.193 e. The van der Waals surface area contributed by atoms with Crippen LogP contribution in [0.4, 0.5) is 0 Å². The average molecular weight is 403 g/mol. The van der Waals surface area contributed by atoms with Crippen LogP contribution in [0.15, 0.2) is 56.9 Å². The molecule has 0 saturated carbocycles. The number of furan rings is 1. The first kappa shape index (κ1) is 19.6. The quantitative estimate of drug-likeness (QED) is 0.429. The number of aliphatic imine (C=N–C) groups is 1. The van der Waals surface area contributed by atoms with Crippen molar-refractivity contribution < 1.29 is 4.42 Å². The third-order valence-corrected chi connectivity index (χ3v) is 6.16. The van der Waals surface area contributed by atoms with Gasteiger partial charge in [0.1, 0.15) is 5.76 Å². The molecule has 0 bridgehead atoms. The zero-order valence-corrected chi connectivity index (χ0v) is 17.4. The first-order chi connectivity index (χ1) is 13.2. The van der Waals surface area contributed by atoms with E-state index >= 15 is 0 Å². The van der Waals surface area contributed by atoms with Gasteiger partial charge in [0.25, 0.3) is 0 Å². The first-order valence-corrected chi connectivity index (χ1v) is 10.9. The van der Waals surface area contributed by atoms with Crippen LogP contribution in [-0.4, -0.2) is 42.5 Å². The minimum absolute atomic E-state index is 0.365. The summed E-state index contributed by atoms with van der Waals surface area (Å²) in [6, 6.07) is 8.18. The van der Waals surface area contributed by atoms with Gasteiger partial charge >= 0.3 is 0 Å². The lowest BCUT2D eigenvalue weighted by atomic mass is 10.2. The number of hydrogen-bond acceptors (Lipinski definition) is 5. The Morgan fingerprint density at radius 1 is 1.26 bits per heavy atom. The second-order valence-electron chi connectivity index (χ2n) is 6.44. The summed E-state index contributed by atoms with van der Waals surface area (Å²) >= 11 is 3.49. The maximum atomic E-state index is 5.42. The highest BCUT2D eigenvalue weighted by Crippen LogP contribution is 2.18. The van der Waals surface area contributed by atoms with Gasteiger partial charge < -0.3 is 14.6 Å².